The van der Waals surface area contributed by atoms with Crippen molar-refractivity contribution < 1.29 is 14.6 Å². The molecule has 0 aliphatic rings. The van der Waals surface area contributed by atoms with E-state index < -0.39 is 0 Å². The molecule has 0 radical (unpaired) electrons. The van der Waals surface area contributed by atoms with E-state index in [9.17, 15) is 9.90 Å². The summed E-state index contributed by atoms with van der Waals surface area (Å²) >= 11 is 0. The van der Waals surface area contributed by atoms with E-state index in [-0.39, 0.29) is 11.7 Å². The third-order valence-electron chi connectivity index (χ3n) is 3.28. The summed E-state index contributed by atoms with van der Waals surface area (Å²) in [4.78, 5) is 12.1. The number of phenolic OH excluding ortho intramolecular Hbond substituents is 1. The van der Waals surface area contributed by atoms with Crippen LogP contribution in [0.25, 0.3) is 10.8 Å². The van der Waals surface area contributed by atoms with E-state index in [0.29, 0.717) is 25.3 Å². The van der Waals surface area contributed by atoms with Gasteiger partial charge in [0.2, 0.25) is 0 Å². The summed E-state index contributed by atoms with van der Waals surface area (Å²) in [6, 6.07) is 10.9. The van der Waals surface area contributed by atoms with Gasteiger partial charge >= 0.3 is 0 Å². The van der Waals surface area contributed by atoms with Crippen molar-refractivity contribution in [3.05, 3.63) is 42.0 Å². The number of rotatable bonds is 7. The molecule has 0 unspecified atom stereocenters. The number of hydrogen-bond donors (Lipinski definition) is 2. The number of benzene rings is 2. The average Bonchev–Trinajstić information content (AvgIpc) is 2.49. The highest BCUT2D eigenvalue weighted by atomic mass is 16.5. The quantitative estimate of drug-likeness (QED) is 0.769. The lowest BCUT2D eigenvalue weighted by atomic mass is 10.1. The van der Waals surface area contributed by atoms with Crippen LogP contribution in [0.15, 0.2) is 36.4 Å². The fraction of sp³-hybridized carbons (Fsp3) is 0.353. The second-order valence-electron chi connectivity index (χ2n) is 4.94. The fourth-order valence-corrected chi connectivity index (χ4v) is 2.09. The Kier molecular flexibility index (Phi) is 5.58. The number of unbranched alkanes of at least 4 members (excludes halogenated alkanes) is 1. The first kappa shape index (κ1) is 15.3. The van der Waals surface area contributed by atoms with Gasteiger partial charge in [-0.1, -0.05) is 37.6 Å². The fourth-order valence-electron chi connectivity index (χ4n) is 2.09. The van der Waals surface area contributed by atoms with E-state index in [1.54, 1.807) is 12.1 Å². The van der Waals surface area contributed by atoms with Gasteiger partial charge in [-0.05, 0) is 29.3 Å². The van der Waals surface area contributed by atoms with Crippen LogP contribution in [-0.2, 0) is 4.74 Å². The van der Waals surface area contributed by atoms with Crippen molar-refractivity contribution in [2.24, 2.45) is 0 Å². The molecule has 0 aromatic heterocycles. The third kappa shape index (κ3) is 4.20. The Balaban J connectivity index is 1.94. The average molecular weight is 287 g/mol. The monoisotopic (exact) mass is 287 g/mol. The van der Waals surface area contributed by atoms with Crippen molar-refractivity contribution in [1.29, 1.82) is 0 Å². The highest BCUT2D eigenvalue weighted by Gasteiger charge is 2.11. The van der Waals surface area contributed by atoms with Gasteiger partial charge < -0.3 is 15.2 Å². The molecule has 4 heteroatoms. The molecule has 21 heavy (non-hydrogen) atoms. The number of amides is 1. The summed E-state index contributed by atoms with van der Waals surface area (Å²) in [6.07, 6.45) is 2.12. The predicted octanol–water partition coefficient (Wildman–Crippen LogP) is 3.09. The number of hydrogen-bond acceptors (Lipinski definition) is 3. The minimum atomic E-state index is -0.280. The van der Waals surface area contributed by atoms with E-state index in [1.165, 1.54) is 0 Å². The van der Waals surface area contributed by atoms with Crippen LogP contribution in [0.3, 0.4) is 0 Å². The minimum absolute atomic E-state index is 0.00176. The second-order valence-corrected chi connectivity index (χ2v) is 4.94. The highest BCUT2D eigenvalue weighted by molar-refractivity contribution is 6.01. The maximum absolute atomic E-state index is 12.1. The SMILES string of the molecule is CCCCOCCNC(=O)c1cc2ccccc2cc1O. The summed E-state index contributed by atoms with van der Waals surface area (Å²) in [7, 11) is 0. The van der Waals surface area contributed by atoms with Crippen molar-refractivity contribution in [3.63, 3.8) is 0 Å². The van der Waals surface area contributed by atoms with E-state index in [1.807, 2.05) is 24.3 Å². The van der Waals surface area contributed by atoms with Gasteiger partial charge in [-0.3, -0.25) is 4.79 Å². The number of carbonyl (C=O) groups is 1. The number of phenols is 1. The Hall–Kier alpha value is -2.07. The van der Waals surface area contributed by atoms with E-state index >= 15 is 0 Å². The Morgan fingerprint density at radius 2 is 1.90 bits per heavy atom. The molecule has 0 bridgehead atoms. The first-order valence-corrected chi connectivity index (χ1v) is 7.30. The van der Waals surface area contributed by atoms with Gasteiger partial charge in [0.25, 0.3) is 5.91 Å². The number of aromatic hydroxyl groups is 1. The van der Waals surface area contributed by atoms with Crippen LogP contribution in [0.1, 0.15) is 30.1 Å². The standard InChI is InChI=1S/C17H21NO3/c1-2-3-9-21-10-8-18-17(20)15-11-13-6-4-5-7-14(13)12-16(15)19/h4-7,11-12,19H,2-3,8-10H2,1H3,(H,18,20). The summed E-state index contributed by atoms with van der Waals surface area (Å²) in [6.45, 7) is 3.75. The zero-order valence-electron chi connectivity index (χ0n) is 12.3. The van der Waals surface area contributed by atoms with Crippen LogP contribution in [0.5, 0.6) is 5.75 Å². The molecule has 0 atom stereocenters. The van der Waals surface area contributed by atoms with Crippen molar-refractivity contribution in [2.45, 2.75) is 19.8 Å². The molecule has 0 aliphatic heterocycles. The van der Waals surface area contributed by atoms with Crippen LogP contribution < -0.4 is 5.32 Å². The molecule has 4 nitrogen and oxygen atoms in total. The normalized spacial score (nSPS) is 10.7. The minimum Gasteiger partial charge on any atom is -0.507 e. The maximum Gasteiger partial charge on any atom is 0.255 e. The number of ether oxygens (including phenoxy) is 1. The molecule has 0 aliphatic carbocycles. The van der Waals surface area contributed by atoms with Crippen LogP contribution in [-0.4, -0.2) is 30.8 Å². The molecular weight excluding hydrogens is 266 g/mol. The Bertz CT molecular complexity index is 610. The maximum atomic E-state index is 12.1. The summed E-state index contributed by atoms with van der Waals surface area (Å²) < 4.78 is 5.38. The molecule has 112 valence electrons. The predicted molar refractivity (Wildman–Crippen MR) is 83.7 cm³/mol. The molecule has 0 saturated carbocycles. The molecule has 0 spiro atoms. The van der Waals surface area contributed by atoms with Crippen LogP contribution in [0.2, 0.25) is 0 Å². The number of fused-ring (bicyclic) bond motifs is 1. The van der Waals surface area contributed by atoms with Gasteiger partial charge in [-0.25, -0.2) is 0 Å². The van der Waals surface area contributed by atoms with E-state index in [0.717, 1.165) is 23.6 Å². The van der Waals surface area contributed by atoms with Gasteiger partial charge in [0.05, 0.1) is 12.2 Å². The third-order valence-corrected chi connectivity index (χ3v) is 3.28. The second kappa shape index (κ2) is 7.64. The molecule has 2 N–H and O–H groups in total. The van der Waals surface area contributed by atoms with Crippen molar-refractivity contribution in [3.8, 4) is 5.75 Å². The van der Waals surface area contributed by atoms with Gasteiger partial charge in [0, 0.05) is 13.2 Å². The molecule has 0 heterocycles. The van der Waals surface area contributed by atoms with Crippen LogP contribution in [0, 0.1) is 0 Å². The Morgan fingerprint density at radius 3 is 2.62 bits per heavy atom. The van der Waals surface area contributed by atoms with Gasteiger partial charge in [0.15, 0.2) is 0 Å². The molecule has 2 aromatic carbocycles. The van der Waals surface area contributed by atoms with Crippen LogP contribution in [0.4, 0.5) is 0 Å². The Labute approximate surface area is 124 Å². The zero-order chi connectivity index (χ0) is 15.1. The molecule has 2 rings (SSSR count). The lowest BCUT2D eigenvalue weighted by Gasteiger charge is -2.09. The van der Waals surface area contributed by atoms with E-state index in [2.05, 4.69) is 12.2 Å². The molecular formula is C17H21NO3. The first-order chi connectivity index (χ1) is 10.2. The first-order valence-electron chi connectivity index (χ1n) is 7.30. The molecule has 0 fully saturated rings. The van der Waals surface area contributed by atoms with Gasteiger partial charge in [0.1, 0.15) is 5.75 Å². The van der Waals surface area contributed by atoms with Crippen LogP contribution >= 0.6 is 0 Å². The van der Waals surface area contributed by atoms with Crippen molar-refractivity contribution in [2.75, 3.05) is 19.8 Å². The number of carbonyl (C=O) groups excluding carboxylic acids is 1. The lowest BCUT2D eigenvalue weighted by molar-refractivity contribution is 0.0910. The molecule has 2 aromatic rings. The largest absolute Gasteiger partial charge is 0.507 e. The smallest absolute Gasteiger partial charge is 0.255 e. The van der Waals surface area contributed by atoms with Gasteiger partial charge in [-0.2, -0.15) is 0 Å². The van der Waals surface area contributed by atoms with E-state index in [4.69, 9.17) is 4.74 Å². The van der Waals surface area contributed by atoms with Crippen molar-refractivity contribution in [1.82, 2.24) is 5.32 Å². The summed E-state index contributed by atoms with van der Waals surface area (Å²) in [5.74, 6) is -0.282. The molecule has 1 amide bonds. The van der Waals surface area contributed by atoms with Crippen molar-refractivity contribution >= 4 is 16.7 Å². The highest BCUT2D eigenvalue weighted by Crippen LogP contribution is 2.24. The number of nitrogens with one attached hydrogen (secondary N) is 1. The molecule has 0 saturated heterocycles. The Morgan fingerprint density at radius 1 is 1.19 bits per heavy atom. The zero-order valence-corrected chi connectivity index (χ0v) is 12.3. The van der Waals surface area contributed by atoms with Gasteiger partial charge in [-0.15, -0.1) is 0 Å². The topological polar surface area (TPSA) is 58.6 Å². The summed E-state index contributed by atoms with van der Waals surface area (Å²) in [5, 5.41) is 14.6. The summed E-state index contributed by atoms with van der Waals surface area (Å²) in [5.41, 5.74) is 0.294. The lowest BCUT2D eigenvalue weighted by Crippen LogP contribution is -2.27.